The lowest BCUT2D eigenvalue weighted by Crippen LogP contribution is -2.19. The summed E-state index contributed by atoms with van der Waals surface area (Å²) in [4.78, 5) is 8.00. The second-order valence-electron chi connectivity index (χ2n) is 7.51. The Morgan fingerprint density at radius 3 is 2.03 bits per heavy atom. The zero-order valence-electron chi connectivity index (χ0n) is 18.0. The molecule has 2 heterocycles. The first kappa shape index (κ1) is 25.5. The molecule has 0 aliphatic rings. The fourth-order valence-electron chi connectivity index (χ4n) is 3.19. The van der Waals surface area contributed by atoms with E-state index in [-0.39, 0.29) is 38.7 Å². The number of hydrogen-bond donors (Lipinski definition) is 2. The number of benzene rings is 2. The third-order valence-corrected chi connectivity index (χ3v) is 5.54. The van der Waals surface area contributed by atoms with Crippen molar-refractivity contribution in [1.82, 2.24) is 9.97 Å². The molecule has 0 aliphatic heterocycles. The van der Waals surface area contributed by atoms with E-state index < -0.39 is 24.4 Å². The van der Waals surface area contributed by atoms with Crippen LogP contribution < -0.4 is 15.8 Å². The summed E-state index contributed by atoms with van der Waals surface area (Å²) in [5.41, 5.74) is 7.02. The average Bonchev–Trinajstić information content (AvgIpc) is 2.83. The van der Waals surface area contributed by atoms with Gasteiger partial charge < -0.3 is 15.8 Å². The van der Waals surface area contributed by atoms with E-state index in [4.69, 9.17) is 28.9 Å². The predicted octanol–water partition coefficient (Wildman–Crippen LogP) is 7.66. The maximum absolute atomic E-state index is 14.8. The molecule has 0 spiro atoms. The van der Waals surface area contributed by atoms with Crippen molar-refractivity contribution in [2.24, 2.45) is 0 Å². The Morgan fingerprint density at radius 1 is 0.833 bits per heavy atom. The van der Waals surface area contributed by atoms with Crippen molar-refractivity contribution in [3.05, 3.63) is 82.6 Å². The summed E-state index contributed by atoms with van der Waals surface area (Å²) < 4.78 is 70.0. The molecule has 36 heavy (non-hydrogen) atoms. The number of nitrogens with two attached hydrogens (primary N) is 1. The zero-order valence-corrected chi connectivity index (χ0v) is 19.5. The largest absolute Gasteiger partial charge is 0.468 e. The van der Waals surface area contributed by atoms with Crippen molar-refractivity contribution < 1.29 is 26.7 Å². The fraction of sp³-hybridized carbons (Fsp3) is 0.0833. The minimum absolute atomic E-state index is 0.0265. The van der Waals surface area contributed by atoms with E-state index in [1.807, 2.05) is 0 Å². The highest BCUT2D eigenvalue weighted by atomic mass is 35.5. The Labute approximate surface area is 211 Å². The summed E-state index contributed by atoms with van der Waals surface area (Å²) in [5, 5.41) is 3.21. The summed E-state index contributed by atoms with van der Waals surface area (Å²) in [6.45, 7) is -1.48. The number of nitrogens with zero attached hydrogens (tertiary/aromatic N) is 2. The molecule has 4 rings (SSSR count). The lowest BCUT2D eigenvalue weighted by molar-refractivity contribution is -0.154. The molecule has 0 bridgehead atoms. The number of pyridine rings is 2. The third-order valence-electron chi connectivity index (χ3n) is 4.91. The van der Waals surface area contributed by atoms with Gasteiger partial charge in [0.2, 0.25) is 5.88 Å². The van der Waals surface area contributed by atoms with E-state index in [1.165, 1.54) is 42.7 Å². The first-order chi connectivity index (χ1) is 17.0. The van der Waals surface area contributed by atoms with E-state index in [2.05, 4.69) is 20.0 Å². The number of anilines is 3. The summed E-state index contributed by atoms with van der Waals surface area (Å²) in [5.74, 6) is -1.24. The minimum Gasteiger partial charge on any atom is -0.468 e. The number of hydrogen-bond acceptors (Lipinski definition) is 5. The quantitative estimate of drug-likeness (QED) is 0.194. The van der Waals surface area contributed by atoms with Crippen LogP contribution in [0.5, 0.6) is 5.88 Å². The van der Waals surface area contributed by atoms with Gasteiger partial charge >= 0.3 is 6.18 Å². The molecule has 3 N–H and O–H groups in total. The van der Waals surface area contributed by atoms with Gasteiger partial charge in [0, 0.05) is 40.7 Å². The fourth-order valence-corrected chi connectivity index (χ4v) is 3.75. The highest BCUT2D eigenvalue weighted by molar-refractivity contribution is 6.34. The Balaban J connectivity index is 1.51. The Kier molecular flexibility index (Phi) is 7.18. The molecule has 12 heteroatoms. The molecule has 4 aromatic rings. The van der Waals surface area contributed by atoms with Crippen molar-refractivity contribution in [2.75, 3.05) is 17.7 Å². The van der Waals surface area contributed by atoms with Gasteiger partial charge in [0.1, 0.15) is 17.5 Å². The molecule has 186 valence electrons. The number of aromatic nitrogens is 2. The van der Waals surface area contributed by atoms with Gasteiger partial charge in [-0.2, -0.15) is 13.2 Å². The van der Waals surface area contributed by atoms with Gasteiger partial charge in [0.15, 0.2) is 6.61 Å². The first-order valence-electron chi connectivity index (χ1n) is 10.1. The van der Waals surface area contributed by atoms with Crippen molar-refractivity contribution in [1.29, 1.82) is 0 Å². The summed E-state index contributed by atoms with van der Waals surface area (Å²) in [6.07, 6.45) is -1.84. The van der Waals surface area contributed by atoms with Crippen LogP contribution >= 0.6 is 23.2 Å². The van der Waals surface area contributed by atoms with Crippen LogP contribution in [0.3, 0.4) is 0 Å². The van der Waals surface area contributed by atoms with Crippen molar-refractivity contribution in [2.45, 2.75) is 6.18 Å². The van der Waals surface area contributed by atoms with Gasteiger partial charge in [-0.3, -0.25) is 0 Å². The standard InChI is InChI=1S/C24H15Cl2F5N4O/c25-16-7-20(32)18(27)5-14(16)12-1-3-22(33-9-12)35-21-8-17(26)15(6-19(21)28)13-2-4-23(34-10-13)36-11-24(29,30)31/h1-10H,11,32H2,(H,33,35). The highest BCUT2D eigenvalue weighted by Crippen LogP contribution is 2.35. The van der Waals surface area contributed by atoms with Crippen LogP contribution in [0.2, 0.25) is 10.0 Å². The van der Waals surface area contributed by atoms with Gasteiger partial charge in [-0.25, -0.2) is 18.7 Å². The van der Waals surface area contributed by atoms with Crippen LogP contribution in [0.15, 0.2) is 60.9 Å². The average molecular weight is 541 g/mol. The highest BCUT2D eigenvalue weighted by Gasteiger charge is 2.28. The molecule has 0 fully saturated rings. The van der Waals surface area contributed by atoms with E-state index in [0.29, 0.717) is 16.7 Å². The van der Waals surface area contributed by atoms with Crippen molar-refractivity contribution >= 4 is 40.4 Å². The first-order valence-corrected chi connectivity index (χ1v) is 10.9. The number of rotatable bonds is 6. The molecule has 0 radical (unpaired) electrons. The lowest BCUT2D eigenvalue weighted by Gasteiger charge is -2.12. The molecule has 0 aliphatic carbocycles. The molecule has 0 atom stereocenters. The number of ether oxygens (including phenoxy) is 1. The number of nitrogen functional groups attached to an aromatic ring is 1. The van der Waals surface area contributed by atoms with E-state index >= 15 is 0 Å². The number of alkyl halides is 3. The molecule has 2 aromatic heterocycles. The molecular formula is C24H15Cl2F5N4O. The van der Waals surface area contributed by atoms with E-state index in [1.54, 1.807) is 12.1 Å². The van der Waals surface area contributed by atoms with Gasteiger partial charge in [0.25, 0.3) is 0 Å². The Hall–Kier alpha value is -3.63. The number of halogens is 7. The number of nitrogens with one attached hydrogen (secondary N) is 1. The Bertz CT molecular complexity index is 1400. The second-order valence-corrected chi connectivity index (χ2v) is 8.33. The third kappa shape index (κ3) is 5.95. The maximum atomic E-state index is 14.8. The van der Waals surface area contributed by atoms with Crippen molar-refractivity contribution in [3.8, 4) is 28.1 Å². The van der Waals surface area contributed by atoms with Crippen LogP contribution in [-0.4, -0.2) is 22.8 Å². The zero-order chi connectivity index (χ0) is 26.0. The van der Waals surface area contributed by atoms with Gasteiger partial charge in [-0.05, 0) is 42.5 Å². The van der Waals surface area contributed by atoms with Gasteiger partial charge in [-0.15, -0.1) is 0 Å². The second kappa shape index (κ2) is 10.2. The molecular weight excluding hydrogens is 526 g/mol. The van der Waals surface area contributed by atoms with Crippen LogP contribution in [0, 0.1) is 11.6 Å². The van der Waals surface area contributed by atoms with Crippen LogP contribution in [-0.2, 0) is 0 Å². The molecule has 0 unspecified atom stereocenters. The summed E-state index contributed by atoms with van der Waals surface area (Å²) in [6, 6.07) is 10.8. The molecule has 5 nitrogen and oxygen atoms in total. The lowest BCUT2D eigenvalue weighted by atomic mass is 10.1. The predicted molar refractivity (Wildman–Crippen MR) is 129 cm³/mol. The van der Waals surface area contributed by atoms with E-state index in [0.717, 1.165) is 6.07 Å². The normalized spacial score (nSPS) is 11.4. The molecule has 2 aromatic carbocycles. The van der Waals surface area contributed by atoms with Crippen molar-refractivity contribution in [3.63, 3.8) is 0 Å². The summed E-state index contributed by atoms with van der Waals surface area (Å²) >= 11 is 12.5. The molecule has 0 amide bonds. The molecule has 0 saturated heterocycles. The van der Waals surface area contributed by atoms with Crippen LogP contribution in [0.1, 0.15) is 0 Å². The van der Waals surface area contributed by atoms with Crippen LogP contribution in [0.25, 0.3) is 22.3 Å². The van der Waals surface area contributed by atoms with E-state index in [9.17, 15) is 22.0 Å². The topological polar surface area (TPSA) is 73.1 Å². The minimum atomic E-state index is -4.49. The SMILES string of the molecule is Nc1cc(Cl)c(-c2ccc(Nc3cc(Cl)c(-c4ccc(OCC(F)(F)F)nc4)cc3F)nc2)cc1F. The molecule has 0 saturated carbocycles. The van der Waals surface area contributed by atoms with Crippen LogP contribution in [0.4, 0.5) is 39.1 Å². The van der Waals surface area contributed by atoms with Gasteiger partial charge in [0.05, 0.1) is 21.4 Å². The smallest absolute Gasteiger partial charge is 0.422 e. The maximum Gasteiger partial charge on any atom is 0.422 e. The monoisotopic (exact) mass is 540 g/mol. The Morgan fingerprint density at radius 2 is 1.44 bits per heavy atom. The van der Waals surface area contributed by atoms with Gasteiger partial charge in [-0.1, -0.05) is 23.2 Å². The summed E-state index contributed by atoms with van der Waals surface area (Å²) in [7, 11) is 0.